The maximum absolute atomic E-state index is 12.9. The Morgan fingerprint density at radius 1 is 0.897 bits per heavy atom. The molecular weight excluding hydrogens is 387 g/mol. The van der Waals surface area contributed by atoms with Gasteiger partial charge in [0.25, 0.3) is 0 Å². The molecule has 0 fully saturated rings. The fourth-order valence-electron chi connectivity index (χ4n) is 2.50. The summed E-state index contributed by atoms with van der Waals surface area (Å²) >= 11 is 0. The van der Waals surface area contributed by atoms with Gasteiger partial charge in [0, 0.05) is 0 Å². The van der Waals surface area contributed by atoms with Crippen LogP contribution in [0.2, 0.25) is 0 Å². The van der Waals surface area contributed by atoms with Crippen LogP contribution in [-0.2, 0) is 30.7 Å². The Labute approximate surface area is 168 Å². The van der Waals surface area contributed by atoms with Crippen LogP contribution in [0, 0.1) is 23.2 Å². The lowest BCUT2D eigenvalue weighted by molar-refractivity contribution is -0.148. The minimum absolute atomic E-state index is 0.0671. The summed E-state index contributed by atoms with van der Waals surface area (Å²) < 4.78 is 48.8. The van der Waals surface area contributed by atoms with Crippen molar-refractivity contribution in [3.8, 4) is 6.07 Å². The lowest BCUT2D eigenvalue weighted by Gasteiger charge is -2.26. The molecule has 0 atom stereocenters. The van der Waals surface area contributed by atoms with E-state index in [1.54, 1.807) is 0 Å². The second-order valence-electron chi connectivity index (χ2n) is 7.78. The molecule has 0 aliphatic heterocycles. The quantitative estimate of drug-likeness (QED) is 0.551. The van der Waals surface area contributed by atoms with Crippen molar-refractivity contribution in [2.45, 2.75) is 52.1 Å². The molecule has 0 spiro atoms. The van der Waals surface area contributed by atoms with E-state index in [1.807, 2.05) is 33.8 Å². The van der Waals surface area contributed by atoms with Gasteiger partial charge in [0.05, 0.1) is 37.7 Å². The van der Waals surface area contributed by atoms with Crippen molar-refractivity contribution < 1.29 is 32.2 Å². The van der Waals surface area contributed by atoms with E-state index >= 15 is 0 Å². The lowest BCUT2D eigenvalue weighted by Crippen LogP contribution is -2.33. The van der Waals surface area contributed by atoms with Gasteiger partial charge in [-0.1, -0.05) is 39.8 Å². The van der Waals surface area contributed by atoms with Gasteiger partial charge in [-0.3, -0.25) is 9.59 Å². The van der Waals surface area contributed by atoms with Gasteiger partial charge in [0.1, 0.15) is 5.41 Å². The van der Waals surface area contributed by atoms with Crippen molar-refractivity contribution in [3.63, 3.8) is 0 Å². The highest BCUT2D eigenvalue weighted by atomic mass is 19.4. The molecule has 0 heterocycles. The molecule has 0 radical (unpaired) electrons. The zero-order valence-electron chi connectivity index (χ0n) is 17.0. The summed E-state index contributed by atoms with van der Waals surface area (Å²) in [5.74, 6) is -1.29. The Morgan fingerprint density at radius 2 is 1.28 bits per heavy atom. The zero-order valence-corrected chi connectivity index (χ0v) is 17.0. The summed E-state index contributed by atoms with van der Waals surface area (Å²) in [5.41, 5.74) is -2.46. The van der Waals surface area contributed by atoms with E-state index in [0.29, 0.717) is 0 Å². The van der Waals surface area contributed by atoms with E-state index in [0.717, 1.165) is 24.3 Å². The lowest BCUT2D eigenvalue weighted by atomic mass is 9.76. The molecular formula is C21H26F3NO4. The standard InChI is InChI=1S/C21H26F3NO4/c1-14(2)11-28-18(26)9-20(13-25,10-19(27)29-12-15(3)4)16-5-7-17(8-6-16)21(22,23)24/h5-8,14-15H,9-12H2,1-4H3. The monoisotopic (exact) mass is 413 g/mol. The predicted octanol–water partition coefficient (Wildman–Crippen LogP) is 4.65. The SMILES string of the molecule is CC(C)COC(=O)CC(C#N)(CC(=O)OCC(C)C)c1ccc(C(F)(F)F)cc1. The van der Waals surface area contributed by atoms with Crippen LogP contribution in [0.4, 0.5) is 13.2 Å². The van der Waals surface area contributed by atoms with Crippen molar-refractivity contribution in [1.82, 2.24) is 0 Å². The predicted molar refractivity (Wildman–Crippen MR) is 99.6 cm³/mol. The van der Waals surface area contributed by atoms with E-state index in [-0.39, 0.29) is 30.6 Å². The molecule has 160 valence electrons. The molecule has 0 aromatic heterocycles. The van der Waals surface area contributed by atoms with Crippen molar-refractivity contribution in [3.05, 3.63) is 35.4 Å². The molecule has 0 saturated carbocycles. The first-order chi connectivity index (χ1) is 13.4. The van der Waals surface area contributed by atoms with Gasteiger partial charge in [0.15, 0.2) is 0 Å². The minimum atomic E-state index is -4.54. The number of benzene rings is 1. The highest BCUT2D eigenvalue weighted by Crippen LogP contribution is 2.35. The van der Waals surface area contributed by atoms with Crippen molar-refractivity contribution in [2.24, 2.45) is 11.8 Å². The Kier molecular flexibility index (Phi) is 8.68. The fourth-order valence-corrected chi connectivity index (χ4v) is 2.50. The third-order valence-corrected chi connectivity index (χ3v) is 4.03. The number of alkyl halides is 3. The summed E-state index contributed by atoms with van der Waals surface area (Å²) in [4.78, 5) is 24.5. The number of hydrogen-bond donors (Lipinski definition) is 0. The van der Waals surface area contributed by atoms with Crippen molar-refractivity contribution in [1.29, 1.82) is 5.26 Å². The summed E-state index contributed by atoms with van der Waals surface area (Å²) in [6, 6.07) is 5.80. The minimum Gasteiger partial charge on any atom is -0.465 e. The molecule has 0 amide bonds. The molecule has 0 unspecified atom stereocenters. The average molecular weight is 413 g/mol. The van der Waals surface area contributed by atoms with E-state index in [4.69, 9.17) is 9.47 Å². The first-order valence-corrected chi connectivity index (χ1v) is 9.30. The number of rotatable bonds is 9. The van der Waals surface area contributed by atoms with Crippen molar-refractivity contribution >= 4 is 11.9 Å². The highest BCUT2D eigenvalue weighted by molar-refractivity contribution is 5.77. The Morgan fingerprint density at radius 3 is 1.59 bits per heavy atom. The first-order valence-electron chi connectivity index (χ1n) is 9.30. The summed E-state index contributed by atoms with van der Waals surface area (Å²) in [7, 11) is 0. The van der Waals surface area contributed by atoms with Crippen molar-refractivity contribution in [2.75, 3.05) is 13.2 Å². The second kappa shape index (κ2) is 10.3. The molecule has 29 heavy (non-hydrogen) atoms. The summed E-state index contributed by atoms with van der Waals surface area (Å²) in [5, 5.41) is 9.82. The maximum Gasteiger partial charge on any atom is 0.416 e. The second-order valence-corrected chi connectivity index (χ2v) is 7.78. The van der Waals surface area contributed by atoms with Gasteiger partial charge < -0.3 is 9.47 Å². The third-order valence-electron chi connectivity index (χ3n) is 4.03. The van der Waals surface area contributed by atoms with Gasteiger partial charge in [-0.25, -0.2) is 0 Å². The number of ether oxygens (including phenoxy) is 2. The Bertz CT molecular complexity index is 708. The Balaban J connectivity index is 3.19. The first kappa shape index (κ1) is 24.5. The van der Waals surface area contributed by atoms with Gasteiger partial charge in [-0.2, -0.15) is 18.4 Å². The van der Waals surface area contributed by atoms with Gasteiger partial charge in [0.2, 0.25) is 0 Å². The molecule has 0 N–H and O–H groups in total. The molecule has 1 rings (SSSR count). The molecule has 1 aromatic carbocycles. The van der Waals surface area contributed by atoms with Crippen LogP contribution >= 0.6 is 0 Å². The van der Waals surface area contributed by atoms with Gasteiger partial charge in [-0.05, 0) is 29.5 Å². The van der Waals surface area contributed by atoms with Gasteiger partial charge in [-0.15, -0.1) is 0 Å². The smallest absolute Gasteiger partial charge is 0.416 e. The molecule has 5 nitrogen and oxygen atoms in total. The fraction of sp³-hybridized carbons (Fsp3) is 0.571. The van der Waals surface area contributed by atoms with Gasteiger partial charge >= 0.3 is 18.1 Å². The van der Waals surface area contributed by atoms with Crippen LogP contribution in [-0.4, -0.2) is 25.2 Å². The molecule has 0 aliphatic carbocycles. The van der Waals surface area contributed by atoms with E-state index in [2.05, 4.69) is 0 Å². The van der Waals surface area contributed by atoms with Crippen LogP contribution in [0.25, 0.3) is 0 Å². The number of carbonyl (C=O) groups is 2. The van der Waals surface area contributed by atoms with Crippen LogP contribution in [0.3, 0.4) is 0 Å². The molecule has 0 bridgehead atoms. The number of halogens is 3. The Hall–Kier alpha value is -2.56. The number of carbonyl (C=O) groups excluding carboxylic acids is 2. The molecule has 0 saturated heterocycles. The largest absolute Gasteiger partial charge is 0.465 e. The topological polar surface area (TPSA) is 76.4 Å². The third kappa shape index (κ3) is 7.76. The van der Waals surface area contributed by atoms with Crippen LogP contribution < -0.4 is 0 Å². The average Bonchev–Trinajstić information content (AvgIpc) is 2.63. The number of nitrogens with zero attached hydrogens (tertiary/aromatic N) is 1. The normalized spacial score (nSPS) is 12.0. The summed E-state index contributed by atoms with van der Waals surface area (Å²) in [6.07, 6.45) is -5.49. The van der Waals surface area contributed by atoms with Crippen LogP contribution in [0.1, 0.15) is 51.7 Å². The van der Waals surface area contributed by atoms with Crippen LogP contribution in [0.5, 0.6) is 0 Å². The maximum atomic E-state index is 12.9. The van der Waals surface area contributed by atoms with E-state index in [1.165, 1.54) is 0 Å². The van der Waals surface area contributed by atoms with E-state index in [9.17, 15) is 28.0 Å². The van der Waals surface area contributed by atoms with E-state index < -0.39 is 41.9 Å². The zero-order chi connectivity index (χ0) is 22.2. The highest BCUT2D eigenvalue weighted by Gasteiger charge is 2.40. The number of nitriles is 1. The molecule has 1 aromatic rings. The number of hydrogen-bond acceptors (Lipinski definition) is 5. The summed E-state index contributed by atoms with van der Waals surface area (Å²) in [6.45, 7) is 7.61. The van der Waals surface area contributed by atoms with Crippen LogP contribution in [0.15, 0.2) is 24.3 Å². The molecule has 8 heteroatoms. The molecule has 0 aliphatic rings. The number of esters is 2.